The molecule has 1 heterocycles. The van der Waals surface area contributed by atoms with E-state index in [0.717, 1.165) is 0 Å². The summed E-state index contributed by atoms with van der Waals surface area (Å²) < 4.78 is 36.7. The zero-order valence-corrected chi connectivity index (χ0v) is 12.6. The van der Waals surface area contributed by atoms with Gasteiger partial charge in [0.25, 0.3) is 0 Å². The van der Waals surface area contributed by atoms with Gasteiger partial charge in [0.05, 0.1) is 12.0 Å². The molecule has 0 amide bonds. The molecule has 0 fully saturated rings. The lowest BCUT2D eigenvalue weighted by Crippen LogP contribution is -2.29. The maximum absolute atomic E-state index is 12.2. The second-order valence-corrected chi connectivity index (χ2v) is 6.13. The second-order valence-electron chi connectivity index (χ2n) is 4.39. The lowest BCUT2D eigenvalue weighted by molar-refractivity contribution is -0.135. The Balaban J connectivity index is 2.64. The van der Waals surface area contributed by atoms with Gasteiger partial charge in [0, 0.05) is 12.3 Å². The summed E-state index contributed by atoms with van der Waals surface area (Å²) in [5.41, 5.74) is 0.103. The number of hydrogen-bond donors (Lipinski definition) is 2. The Hall–Kier alpha value is -2.39. The third-order valence-corrected chi connectivity index (χ3v) is 4.34. The molecule has 0 spiro atoms. The molecule has 0 atom stereocenters. The molecule has 0 bridgehead atoms. The van der Waals surface area contributed by atoms with Crippen LogP contribution in [0.3, 0.4) is 0 Å². The number of hydrogen-bond acceptors (Lipinski definition) is 6. The minimum atomic E-state index is -4.08. The van der Waals surface area contributed by atoms with Crippen LogP contribution in [-0.4, -0.2) is 38.9 Å². The van der Waals surface area contributed by atoms with Crippen LogP contribution in [0.2, 0.25) is 0 Å². The third kappa shape index (κ3) is 2.95. The molecule has 118 valence electrons. The highest BCUT2D eigenvalue weighted by Crippen LogP contribution is 2.33. The van der Waals surface area contributed by atoms with Crippen molar-refractivity contribution in [2.24, 2.45) is 0 Å². The monoisotopic (exact) mass is 327 g/mol. The zero-order chi connectivity index (χ0) is 16.5. The van der Waals surface area contributed by atoms with Crippen LogP contribution in [0.15, 0.2) is 27.5 Å². The first kappa shape index (κ1) is 16.0. The Morgan fingerprint density at radius 3 is 2.59 bits per heavy atom. The molecular weight excluding hydrogens is 314 g/mol. The van der Waals surface area contributed by atoms with Crippen LogP contribution in [-0.2, 0) is 14.8 Å². The van der Waals surface area contributed by atoms with E-state index in [1.54, 1.807) is 0 Å². The molecular formula is C13H13NO7S. The van der Waals surface area contributed by atoms with Gasteiger partial charge >= 0.3 is 5.97 Å². The first-order valence-corrected chi connectivity index (χ1v) is 7.57. The number of furan rings is 1. The van der Waals surface area contributed by atoms with Crippen molar-refractivity contribution in [3.05, 3.63) is 24.0 Å². The largest absolute Gasteiger partial charge is 0.493 e. The molecule has 9 heteroatoms. The number of methoxy groups -OCH3 is 1. The Kier molecular flexibility index (Phi) is 4.20. The summed E-state index contributed by atoms with van der Waals surface area (Å²) in [6, 6.07) is 3.91. The number of Topliss-reactive ketones (excluding diaryl/α,β-unsaturated/α-hetero) is 1. The molecule has 0 unspecified atom stereocenters. The number of rotatable bonds is 6. The SMILES string of the molecule is COc1ccc(S(=O)(=O)NCC(=O)O)c2cc(C(C)=O)oc12. The van der Waals surface area contributed by atoms with Crippen LogP contribution in [0, 0.1) is 0 Å². The van der Waals surface area contributed by atoms with Gasteiger partial charge in [-0.1, -0.05) is 0 Å². The van der Waals surface area contributed by atoms with E-state index < -0.39 is 22.5 Å². The molecule has 0 aliphatic carbocycles. The fourth-order valence-electron chi connectivity index (χ4n) is 1.88. The van der Waals surface area contributed by atoms with Gasteiger partial charge in [-0.05, 0) is 18.2 Å². The molecule has 0 radical (unpaired) electrons. The predicted octanol–water partition coefficient (Wildman–Crippen LogP) is 1.01. The first-order chi connectivity index (χ1) is 10.3. The number of aliphatic carboxylic acids is 1. The Morgan fingerprint density at radius 1 is 1.36 bits per heavy atom. The molecule has 0 aliphatic rings. The molecule has 8 nitrogen and oxygen atoms in total. The average molecular weight is 327 g/mol. The van der Waals surface area contributed by atoms with Crippen LogP contribution in [0.4, 0.5) is 0 Å². The summed E-state index contributed by atoms with van der Waals surface area (Å²) in [5, 5.41) is 8.73. The highest BCUT2D eigenvalue weighted by Gasteiger charge is 2.23. The van der Waals surface area contributed by atoms with Gasteiger partial charge in [0.1, 0.15) is 6.54 Å². The van der Waals surface area contributed by atoms with Crippen molar-refractivity contribution in [1.29, 1.82) is 0 Å². The fourth-order valence-corrected chi connectivity index (χ4v) is 3.03. The molecule has 1 aromatic carbocycles. The van der Waals surface area contributed by atoms with Crippen LogP contribution >= 0.6 is 0 Å². The maximum atomic E-state index is 12.2. The number of carboxylic acid groups (broad SMARTS) is 1. The molecule has 1 aromatic heterocycles. The normalized spacial score (nSPS) is 11.5. The van der Waals surface area contributed by atoms with Crippen molar-refractivity contribution >= 4 is 32.7 Å². The van der Waals surface area contributed by atoms with Gasteiger partial charge in [-0.25, -0.2) is 8.42 Å². The molecule has 22 heavy (non-hydrogen) atoms. The van der Waals surface area contributed by atoms with Gasteiger partial charge < -0.3 is 14.3 Å². The average Bonchev–Trinajstić information content (AvgIpc) is 2.89. The molecule has 2 rings (SSSR count). The molecule has 0 aliphatic heterocycles. The van der Waals surface area contributed by atoms with Crippen molar-refractivity contribution in [3.8, 4) is 5.75 Å². The van der Waals surface area contributed by atoms with E-state index in [1.165, 1.54) is 32.2 Å². The number of fused-ring (bicyclic) bond motifs is 1. The number of nitrogens with one attached hydrogen (secondary N) is 1. The molecule has 2 aromatic rings. The summed E-state index contributed by atoms with van der Waals surface area (Å²) >= 11 is 0. The Morgan fingerprint density at radius 2 is 2.05 bits per heavy atom. The summed E-state index contributed by atoms with van der Waals surface area (Å²) in [5.74, 6) is -1.45. The number of carbonyl (C=O) groups is 2. The van der Waals surface area contributed by atoms with Crippen molar-refractivity contribution < 1.29 is 32.3 Å². The summed E-state index contributed by atoms with van der Waals surface area (Å²) in [6.07, 6.45) is 0. The Labute approximate surface area is 125 Å². The van der Waals surface area contributed by atoms with Crippen LogP contribution in [0.25, 0.3) is 11.0 Å². The van der Waals surface area contributed by atoms with E-state index in [2.05, 4.69) is 0 Å². The molecule has 0 saturated carbocycles. The van der Waals surface area contributed by atoms with Crippen molar-refractivity contribution in [2.45, 2.75) is 11.8 Å². The van der Waals surface area contributed by atoms with E-state index >= 15 is 0 Å². The van der Waals surface area contributed by atoms with E-state index in [9.17, 15) is 18.0 Å². The number of benzene rings is 1. The van der Waals surface area contributed by atoms with E-state index in [4.69, 9.17) is 14.3 Å². The summed E-state index contributed by atoms with van der Waals surface area (Å²) in [6.45, 7) is 0.522. The third-order valence-electron chi connectivity index (χ3n) is 2.88. The number of ether oxygens (including phenoxy) is 1. The standard InChI is InChI=1S/C13H13NO7S/c1-7(15)10-5-8-11(22(18,19)14-6-12(16)17)4-3-9(20-2)13(8)21-10/h3-5,14H,6H2,1-2H3,(H,16,17). The number of carbonyl (C=O) groups excluding carboxylic acids is 1. The minimum absolute atomic E-state index is 0.0193. The van der Waals surface area contributed by atoms with Crippen LogP contribution in [0.1, 0.15) is 17.5 Å². The Bertz CT molecular complexity index is 851. The van der Waals surface area contributed by atoms with E-state index in [-0.39, 0.29) is 33.2 Å². The predicted molar refractivity (Wildman–Crippen MR) is 75.6 cm³/mol. The van der Waals surface area contributed by atoms with Gasteiger partial charge in [-0.3, -0.25) is 9.59 Å². The lowest BCUT2D eigenvalue weighted by atomic mass is 10.2. The van der Waals surface area contributed by atoms with Gasteiger partial charge in [0.15, 0.2) is 22.9 Å². The molecule has 0 saturated heterocycles. The van der Waals surface area contributed by atoms with Crippen molar-refractivity contribution in [1.82, 2.24) is 4.72 Å². The summed E-state index contributed by atoms with van der Waals surface area (Å²) in [7, 11) is -2.70. The van der Waals surface area contributed by atoms with Crippen LogP contribution in [0.5, 0.6) is 5.75 Å². The first-order valence-electron chi connectivity index (χ1n) is 6.09. The van der Waals surface area contributed by atoms with Gasteiger partial charge in [-0.2, -0.15) is 4.72 Å². The topological polar surface area (TPSA) is 123 Å². The highest BCUT2D eigenvalue weighted by molar-refractivity contribution is 7.89. The smallest absolute Gasteiger partial charge is 0.318 e. The lowest BCUT2D eigenvalue weighted by Gasteiger charge is -2.07. The van der Waals surface area contributed by atoms with E-state index in [1.807, 2.05) is 4.72 Å². The minimum Gasteiger partial charge on any atom is -0.493 e. The fraction of sp³-hybridized carbons (Fsp3) is 0.231. The van der Waals surface area contributed by atoms with Gasteiger partial charge in [0.2, 0.25) is 10.0 Å². The molecule has 2 N–H and O–H groups in total. The van der Waals surface area contributed by atoms with Gasteiger partial charge in [-0.15, -0.1) is 0 Å². The second kappa shape index (κ2) is 5.78. The quantitative estimate of drug-likeness (QED) is 0.759. The number of sulfonamides is 1. The summed E-state index contributed by atoms with van der Waals surface area (Å²) in [4.78, 5) is 21.7. The zero-order valence-electron chi connectivity index (χ0n) is 11.7. The number of ketones is 1. The van der Waals surface area contributed by atoms with Crippen molar-refractivity contribution in [3.63, 3.8) is 0 Å². The van der Waals surface area contributed by atoms with Crippen molar-refractivity contribution in [2.75, 3.05) is 13.7 Å². The van der Waals surface area contributed by atoms with Crippen LogP contribution < -0.4 is 9.46 Å². The highest BCUT2D eigenvalue weighted by atomic mass is 32.2. The van der Waals surface area contributed by atoms with E-state index in [0.29, 0.717) is 0 Å². The number of carboxylic acids is 1. The maximum Gasteiger partial charge on any atom is 0.318 e.